The predicted octanol–water partition coefficient (Wildman–Crippen LogP) is 0.393. The third kappa shape index (κ3) is 2.96. The quantitative estimate of drug-likeness (QED) is 0.718. The maximum Gasteiger partial charge on any atom is 0.251 e. The van der Waals surface area contributed by atoms with E-state index in [2.05, 4.69) is 0 Å². The molecule has 1 aliphatic rings. The van der Waals surface area contributed by atoms with E-state index in [0.29, 0.717) is 13.1 Å². The maximum atomic E-state index is 11.4. The number of hydrogen-bond donors (Lipinski definition) is 1. The van der Waals surface area contributed by atoms with Gasteiger partial charge in [0, 0.05) is 13.1 Å². The van der Waals surface area contributed by atoms with E-state index >= 15 is 0 Å². The van der Waals surface area contributed by atoms with Crippen LogP contribution in [0.2, 0.25) is 0 Å². The molecule has 1 rings (SSSR count). The third-order valence-corrected chi connectivity index (χ3v) is 2.28. The van der Waals surface area contributed by atoms with Crippen LogP contribution in [0.5, 0.6) is 0 Å². The van der Waals surface area contributed by atoms with E-state index in [0.717, 1.165) is 6.42 Å². The maximum absolute atomic E-state index is 11.4. The second kappa shape index (κ2) is 4.75. The van der Waals surface area contributed by atoms with Gasteiger partial charge in [0.25, 0.3) is 5.91 Å². The summed E-state index contributed by atoms with van der Waals surface area (Å²) in [5.74, 6) is -0.195. The lowest BCUT2D eigenvalue weighted by Gasteiger charge is -2.19. The fraction of sp³-hybridized carbons (Fsp3) is 0.900. The van der Waals surface area contributed by atoms with Crippen LogP contribution in [0.4, 0.5) is 0 Å². The van der Waals surface area contributed by atoms with Gasteiger partial charge in [-0.1, -0.05) is 0 Å². The van der Waals surface area contributed by atoms with Crippen molar-refractivity contribution in [3.05, 3.63) is 0 Å². The number of nitrogens with zero attached hydrogens (tertiary/aromatic N) is 1. The number of aliphatic hydroxyl groups excluding tert-OH is 1. The van der Waals surface area contributed by atoms with Gasteiger partial charge in [0.15, 0.2) is 0 Å². The standard InChI is InChI=1S/C10H19NO3/c1-7(2)14-9-4-5-11(6-9)10(13)8(3)12/h7-9,12H,4-6H2,1-3H3/t8?,9-/m0/s1. The average Bonchev–Trinajstić information content (AvgIpc) is 2.50. The van der Waals surface area contributed by atoms with Gasteiger partial charge in [-0.3, -0.25) is 4.79 Å². The Labute approximate surface area is 84.8 Å². The molecule has 2 atom stereocenters. The Morgan fingerprint density at radius 3 is 2.64 bits per heavy atom. The third-order valence-electron chi connectivity index (χ3n) is 2.28. The molecule has 1 saturated heterocycles. The first-order chi connectivity index (χ1) is 6.50. The number of amides is 1. The molecular formula is C10H19NO3. The second-order valence-electron chi connectivity index (χ2n) is 4.06. The van der Waals surface area contributed by atoms with Crippen molar-refractivity contribution in [1.29, 1.82) is 0 Å². The van der Waals surface area contributed by atoms with Crippen LogP contribution in [-0.4, -0.2) is 47.3 Å². The molecule has 0 spiro atoms. The van der Waals surface area contributed by atoms with Crippen LogP contribution in [-0.2, 0) is 9.53 Å². The molecule has 1 aliphatic heterocycles. The van der Waals surface area contributed by atoms with Gasteiger partial charge in [0.2, 0.25) is 0 Å². The molecule has 0 aromatic carbocycles. The monoisotopic (exact) mass is 201 g/mol. The number of ether oxygens (including phenoxy) is 1. The lowest BCUT2D eigenvalue weighted by atomic mass is 10.3. The minimum absolute atomic E-state index is 0.137. The van der Waals surface area contributed by atoms with Crippen molar-refractivity contribution < 1.29 is 14.6 Å². The number of aliphatic hydroxyl groups is 1. The van der Waals surface area contributed by atoms with Gasteiger partial charge in [0.1, 0.15) is 6.10 Å². The minimum Gasteiger partial charge on any atom is -0.384 e. The number of rotatable bonds is 3. The van der Waals surface area contributed by atoms with Gasteiger partial charge < -0.3 is 14.7 Å². The number of carbonyl (C=O) groups excluding carboxylic acids is 1. The largest absolute Gasteiger partial charge is 0.384 e. The Hall–Kier alpha value is -0.610. The summed E-state index contributed by atoms with van der Waals surface area (Å²) in [6.07, 6.45) is 0.309. The Balaban J connectivity index is 2.37. The number of carbonyl (C=O) groups is 1. The lowest BCUT2D eigenvalue weighted by Crippen LogP contribution is -2.37. The first kappa shape index (κ1) is 11.5. The van der Waals surface area contributed by atoms with Crippen molar-refractivity contribution in [1.82, 2.24) is 4.90 Å². The van der Waals surface area contributed by atoms with Crippen molar-refractivity contribution in [2.75, 3.05) is 13.1 Å². The van der Waals surface area contributed by atoms with Crippen LogP contribution in [0.15, 0.2) is 0 Å². The van der Waals surface area contributed by atoms with E-state index in [9.17, 15) is 4.79 Å². The highest BCUT2D eigenvalue weighted by atomic mass is 16.5. The molecule has 0 saturated carbocycles. The molecule has 0 aromatic rings. The Kier molecular flexibility index (Phi) is 3.89. The Bertz CT molecular complexity index is 204. The van der Waals surface area contributed by atoms with E-state index < -0.39 is 6.10 Å². The molecule has 4 heteroatoms. The highest BCUT2D eigenvalue weighted by molar-refractivity contribution is 5.80. The second-order valence-corrected chi connectivity index (χ2v) is 4.06. The Morgan fingerprint density at radius 2 is 2.14 bits per heavy atom. The number of likely N-dealkylation sites (tertiary alicyclic amines) is 1. The van der Waals surface area contributed by atoms with Crippen molar-refractivity contribution in [3.63, 3.8) is 0 Å². The van der Waals surface area contributed by atoms with Crippen molar-refractivity contribution in [2.24, 2.45) is 0 Å². The average molecular weight is 201 g/mol. The summed E-state index contributed by atoms with van der Waals surface area (Å²) >= 11 is 0. The molecule has 0 aliphatic carbocycles. The molecule has 82 valence electrons. The molecule has 0 radical (unpaired) electrons. The van der Waals surface area contributed by atoms with Gasteiger partial charge in [-0.15, -0.1) is 0 Å². The van der Waals surface area contributed by atoms with Gasteiger partial charge in [0.05, 0.1) is 12.2 Å². The van der Waals surface area contributed by atoms with Gasteiger partial charge in [-0.05, 0) is 27.2 Å². The summed E-state index contributed by atoms with van der Waals surface area (Å²) in [6.45, 7) is 6.78. The van der Waals surface area contributed by atoms with Crippen LogP contribution in [0.3, 0.4) is 0 Å². The molecule has 14 heavy (non-hydrogen) atoms. The SMILES string of the molecule is CC(C)O[C@H]1CCN(C(=O)C(C)O)C1. The summed E-state index contributed by atoms with van der Waals surface area (Å²) in [7, 11) is 0. The molecule has 1 fully saturated rings. The van der Waals surface area contributed by atoms with Crippen LogP contribution in [0.25, 0.3) is 0 Å². The zero-order chi connectivity index (χ0) is 10.7. The van der Waals surface area contributed by atoms with Crippen LogP contribution in [0, 0.1) is 0 Å². The summed E-state index contributed by atoms with van der Waals surface area (Å²) in [5, 5.41) is 9.12. The van der Waals surface area contributed by atoms with E-state index in [1.54, 1.807) is 4.90 Å². The highest BCUT2D eigenvalue weighted by Gasteiger charge is 2.28. The number of hydrogen-bond acceptors (Lipinski definition) is 3. The van der Waals surface area contributed by atoms with Crippen molar-refractivity contribution in [3.8, 4) is 0 Å². The van der Waals surface area contributed by atoms with E-state index in [1.807, 2.05) is 13.8 Å². The minimum atomic E-state index is -0.896. The fourth-order valence-corrected chi connectivity index (χ4v) is 1.69. The van der Waals surface area contributed by atoms with E-state index in [1.165, 1.54) is 6.92 Å². The van der Waals surface area contributed by atoms with Gasteiger partial charge in [-0.25, -0.2) is 0 Å². The van der Waals surface area contributed by atoms with Crippen molar-refractivity contribution in [2.45, 2.75) is 45.5 Å². The van der Waals surface area contributed by atoms with E-state index in [4.69, 9.17) is 9.84 Å². The molecular weight excluding hydrogens is 182 g/mol. The van der Waals surface area contributed by atoms with Crippen LogP contribution < -0.4 is 0 Å². The first-order valence-electron chi connectivity index (χ1n) is 5.13. The lowest BCUT2D eigenvalue weighted by molar-refractivity contribution is -0.138. The summed E-state index contributed by atoms with van der Waals surface area (Å²) < 4.78 is 5.60. The zero-order valence-corrected chi connectivity index (χ0v) is 9.06. The predicted molar refractivity (Wildman–Crippen MR) is 52.9 cm³/mol. The molecule has 0 aromatic heterocycles. The first-order valence-corrected chi connectivity index (χ1v) is 5.13. The fourth-order valence-electron chi connectivity index (χ4n) is 1.69. The van der Waals surface area contributed by atoms with Crippen LogP contribution in [0.1, 0.15) is 27.2 Å². The van der Waals surface area contributed by atoms with Crippen LogP contribution >= 0.6 is 0 Å². The zero-order valence-electron chi connectivity index (χ0n) is 9.06. The smallest absolute Gasteiger partial charge is 0.251 e. The molecule has 4 nitrogen and oxygen atoms in total. The highest BCUT2D eigenvalue weighted by Crippen LogP contribution is 2.15. The van der Waals surface area contributed by atoms with E-state index in [-0.39, 0.29) is 18.1 Å². The topological polar surface area (TPSA) is 49.8 Å². The molecule has 1 heterocycles. The summed E-state index contributed by atoms with van der Waals surface area (Å²) in [4.78, 5) is 13.1. The molecule has 1 amide bonds. The molecule has 1 N–H and O–H groups in total. The van der Waals surface area contributed by atoms with Crippen molar-refractivity contribution >= 4 is 5.91 Å². The van der Waals surface area contributed by atoms with Gasteiger partial charge >= 0.3 is 0 Å². The Morgan fingerprint density at radius 1 is 1.50 bits per heavy atom. The molecule has 0 bridgehead atoms. The normalized spacial score (nSPS) is 24.4. The van der Waals surface area contributed by atoms with Gasteiger partial charge in [-0.2, -0.15) is 0 Å². The summed E-state index contributed by atoms with van der Waals surface area (Å²) in [5.41, 5.74) is 0. The molecule has 1 unspecified atom stereocenters. The summed E-state index contributed by atoms with van der Waals surface area (Å²) in [6, 6.07) is 0.